The fraction of sp³-hybridized carbons (Fsp3) is 0.231. The van der Waals surface area contributed by atoms with Crippen LogP contribution in [-0.2, 0) is 14.3 Å². The molecule has 4 rings (SSSR count). The lowest BCUT2D eigenvalue weighted by Crippen LogP contribution is -2.29. The van der Waals surface area contributed by atoms with E-state index in [9.17, 15) is 23.9 Å². The Morgan fingerprint density at radius 3 is 2.47 bits per heavy atom. The van der Waals surface area contributed by atoms with Crippen molar-refractivity contribution in [2.45, 2.75) is 26.8 Å². The number of halogens is 1. The predicted octanol–water partition coefficient (Wildman–Crippen LogP) is 4.71. The van der Waals surface area contributed by atoms with Crippen molar-refractivity contribution in [1.29, 1.82) is 0 Å². The van der Waals surface area contributed by atoms with Crippen LogP contribution < -0.4 is 9.64 Å². The predicted molar refractivity (Wildman–Crippen MR) is 132 cm³/mol. The van der Waals surface area contributed by atoms with Gasteiger partial charge in [-0.05, 0) is 62.2 Å². The number of anilines is 1. The van der Waals surface area contributed by atoms with E-state index in [1.165, 1.54) is 31.4 Å². The summed E-state index contributed by atoms with van der Waals surface area (Å²) >= 11 is 0.889. The lowest BCUT2D eigenvalue weighted by atomic mass is 9.95. The van der Waals surface area contributed by atoms with Crippen molar-refractivity contribution in [3.8, 4) is 5.75 Å². The number of methoxy groups -OCH3 is 1. The quantitative estimate of drug-likeness (QED) is 0.222. The molecule has 1 amide bonds. The molecule has 0 spiro atoms. The van der Waals surface area contributed by atoms with Crippen molar-refractivity contribution in [2.75, 3.05) is 18.6 Å². The fourth-order valence-electron chi connectivity index (χ4n) is 4.03. The molecule has 1 N–H and O–H groups in total. The van der Waals surface area contributed by atoms with Gasteiger partial charge in [-0.3, -0.25) is 14.5 Å². The summed E-state index contributed by atoms with van der Waals surface area (Å²) in [6.45, 7) is 5.69. The average molecular weight is 511 g/mol. The summed E-state index contributed by atoms with van der Waals surface area (Å²) in [5.41, 5.74) is 1.57. The van der Waals surface area contributed by atoms with E-state index in [-0.39, 0.29) is 15.6 Å². The lowest BCUT2D eigenvalue weighted by Gasteiger charge is -2.23. The number of rotatable bonds is 6. The molecule has 36 heavy (non-hydrogen) atoms. The van der Waals surface area contributed by atoms with Gasteiger partial charge in [0, 0.05) is 5.56 Å². The summed E-state index contributed by atoms with van der Waals surface area (Å²) in [6, 6.07) is 9.06. The Balaban J connectivity index is 1.91. The minimum absolute atomic E-state index is 0.0752. The third-order valence-corrected chi connectivity index (χ3v) is 6.88. The van der Waals surface area contributed by atoms with Gasteiger partial charge < -0.3 is 14.6 Å². The van der Waals surface area contributed by atoms with Gasteiger partial charge in [-0.1, -0.05) is 23.5 Å². The minimum atomic E-state index is -1.10. The lowest BCUT2D eigenvalue weighted by molar-refractivity contribution is -0.132. The normalized spacial score (nSPS) is 16.9. The summed E-state index contributed by atoms with van der Waals surface area (Å²) in [7, 11) is 1.23. The third kappa shape index (κ3) is 4.35. The first-order valence-corrected chi connectivity index (χ1v) is 11.9. The highest BCUT2D eigenvalue weighted by atomic mass is 32.1. The molecule has 0 bridgehead atoms. The molecule has 1 aliphatic rings. The Kier molecular flexibility index (Phi) is 6.89. The van der Waals surface area contributed by atoms with Gasteiger partial charge in [-0.15, -0.1) is 0 Å². The Morgan fingerprint density at radius 1 is 1.17 bits per heavy atom. The van der Waals surface area contributed by atoms with E-state index in [4.69, 9.17) is 9.47 Å². The Hall–Kier alpha value is -4.05. The topological polar surface area (TPSA) is 106 Å². The molecule has 10 heteroatoms. The Bertz CT molecular complexity index is 1400. The van der Waals surface area contributed by atoms with Crippen molar-refractivity contribution in [1.82, 2.24) is 4.98 Å². The summed E-state index contributed by atoms with van der Waals surface area (Å²) in [6.07, 6.45) is 0. The van der Waals surface area contributed by atoms with Crippen LogP contribution in [0.15, 0.2) is 48.0 Å². The molecule has 2 heterocycles. The molecule has 1 fully saturated rings. The van der Waals surface area contributed by atoms with E-state index < -0.39 is 35.3 Å². The van der Waals surface area contributed by atoms with Crippen LogP contribution in [0.2, 0.25) is 0 Å². The van der Waals surface area contributed by atoms with Crippen molar-refractivity contribution >= 4 is 39.9 Å². The number of benzene rings is 2. The van der Waals surface area contributed by atoms with Crippen LogP contribution in [0.5, 0.6) is 5.75 Å². The van der Waals surface area contributed by atoms with Crippen molar-refractivity contribution < 1.29 is 33.4 Å². The standard InChI is InChI=1S/C26H23FN2O6S/c1-5-35-18-11-8-16(12-13(18)2)21(30)19-20(15-6-9-17(27)10-7-15)29(24(32)22(19)31)26-28-14(3)23(36-26)25(33)34-4/h6-12,20,30H,5H2,1-4H3/t20-/m0/s1. The number of hydrogen-bond acceptors (Lipinski definition) is 8. The number of hydrogen-bond donors (Lipinski definition) is 1. The molecule has 186 valence electrons. The van der Waals surface area contributed by atoms with E-state index >= 15 is 0 Å². The van der Waals surface area contributed by atoms with Crippen molar-refractivity contribution in [3.63, 3.8) is 0 Å². The number of Topliss-reactive ketones (excluding diaryl/α,β-unsaturated/α-hetero) is 1. The number of esters is 1. The van der Waals surface area contributed by atoms with Gasteiger partial charge in [0.1, 0.15) is 22.2 Å². The number of aryl methyl sites for hydroxylation is 2. The van der Waals surface area contributed by atoms with Gasteiger partial charge in [0.15, 0.2) is 5.13 Å². The van der Waals surface area contributed by atoms with Gasteiger partial charge in [0.2, 0.25) is 0 Å². The smallest absolute Gasteiger partial charge is 0.350 e. The van der Waals surface area contributed by atoms with Crippen LogP contribution in [-0.4, -0.2) is 41.5 Å². The summed E-state index contributed by atoms with van der Waals surface area (Å²) in [5.74, 6) is -2.76. The number of aliphatic hydroxyl groups is 1. The largest absolute Gasteiger partial charge is 0.507 e. The number of carbonyl (C=O) groups excluding carboxylic acids is 3. The van der Waals surface area contributed by atoms with Crippen LogP contribution in [0.1, 0.15) is 45.0 Å². The zero-order chi connectivity index (χ0) is 26.1. The molecule has 1 saturated heterocycles. The second-order valence-electron chi connectivity index (χ2n) is 8.04. The minimum Gasteiger partial charge on any atom is -0.507 e. The molecule has 0 saturated carbocycles. The highest BCUT2D eigenvalue weighted by Crippen LogP contribution is 2.44. The number of thiazole rings is 1. The molecular formula is C26H23FN2O6S. The molecule has 0 radical (unpaired) electrons. The summed E-state index contributed by atoms with van der Waals surface area (Å²) < 4.78 is 24.0. The van der Waals surface area contributed by atoms with E-state index in [0.717, 1.165) is 21.8 Å². The van der Waals surface area contributed by atoms with E-state index in [2.05, 4.69) is 4.98 Å². The first-order valence-electron chi connectivity index (χ1n) is 11.0. The molecule has 3 aromatic rings. The van der Waals surface area contributed by atoms with Gasteiger partial charge in [0.25, 0.3) is 5.78 Å². The van der Waals surface area contributed by atoms with Crippen molar-refractivity contribution in [3.05, 3.63) is 81.1 Å². The number of aliphatic hydroxyl groups excluding tert-OH is 1. The Morgan fingerprint density at radius 2 is 1.86 bits per heavy atom. The monoisotopic (exact) mass is 510 g/mol. The summed E-state index contributed by atoms with van der Waals surface area (Å²) in [4.78, 5) is 44.3. The van der Waals surface area contributed by atoms with Crippen LogP contribution in [0, 0.1) is 19.7 Å². The fourth-order valence-corrected chi connectivity index (χ4v) is 5.04. The maximum absolute atomic E-state index is 13.7. The second-order valence-corrected chi connectivity index (χ2v) is 9.01. The van der Waals surface area contributed by atoms with Crippen LogP contribution in [0.3, 0.4) is 0 Å². The average Bonchev–Trinajstić information content (AvgIpc) is 3.36. The van der Waals surface area contributed by atoms with Gasteiger partial charge in [-0.25, -0.2) is 14.2 Å². The zero-order valence-electron chi connectivity index (χ0n) is 20.0. The maximum atomic E-state index is 13.7. The van der Waals surface area contributed by atoms with Gasteiger partial charge in [0.05, 0.1) is 31.0 Å². The zero-order valence-corrected chi connectivity index (χ0v) is 20.8. The summed E-state index contributed by atoms with van der Waals surface area (Å²) in [5, 5.41) is 11.3. The van der Waals surface area contributed by atoms with E-state index in [1.54, 1.807) is 32.0 Å². The third-order valence-electron chi connectivity index (χ3n) is 5.74. The molecule has 0 aliphatic carbocycles. The second kappa shape index (κ2) is 9.90. The molecule has 1 aromatic heterocycles. The highest BCUT2D eigenvalue weighted by molar-refractivity contribution is 7.17. The van der Waals surface area contributed by atoms with Crippen LogP contribution in [0.25, 0.3) is 5.76 Å². The molecule has 0 unspecified atom stereocenters. The molecule has 1 aliphatic heterocycles. The molecule has 8 nitrogen and oxygen atoms in total. The van der Waals surface area contributed by atoms with Crippen LogP contribution in [0.4, 0.5) is 9.52 Å². The van der Waals surface area contributed by atoms with Gasteiger partial charge >= 0.3 is 11.9 Å². The molecule has 2 aromatic carbocycles. The van der Waals surface area contributed by atoms with Gasteiger partial charge in [-0.2, -0.15) is 0 Å². The molecule has 1 atom stereocenters. The number of amides is 1. The number of aromatic nitrogens is 1. The number of ketones is 1. The van der Waals surface area contributed by atoms with Crippen molar-refractivity contribution in [2.24, 2.45) is 0 Å². The number of ether oxygens (including phenoxy) is 2. The first-order chi connectivity index (χ1) is 17.2. The number of nitrogens with zero attached hydrogens (tertiary/aromatic N) is 2. The Labute approximate surface area is 210 Å². The van der Waals surface area contributed by atoms with E-state index in [1.807, 2.05) is 6.92 Å². The first kappa shape index (κ1) is 25.1. The SMILES string of the molecule is CCOc1ccc(C(O)=C2C(=O)C(=O)N(c3nc(C)c(C(=O)OC)s3)[C@H]2c2ccc(F)cc2)cc1C. The molecular weight excluding hydrogens is 487 g/mol. The maximum Gasteiger partial charge on any atom is 0.350 e. The highest BCUT2D eigenvalue weighted by Gasteiger charge is 2.48. The van der Waals surface area contributed by atoms with Crippen LogP contribution >= 0.6 is 11.3 Å². The van der Waals surface area contributed by atoms with E-state index in [0.29, 0.717) is 29.2 Å². The number of carbonyl (C=O) groups is 3.